The highest BCUT2D eigenvalue weighted by atomic mass is 32.2. The average Bonchev–Trinajstić information content (AvgIpc) is 3.70. The Hall–Kier alpha value is -4.51. The van der Waals surface area contributed by atoms with Crippen molar-refractivity contribution in [3.8, 4) is 17.1 Å². The van der Waals surface area contributed by atoms with E-state index in [1.807, 2.05) is 0 Å². The van der Waals surface area contributed by atoms with Crippen LogP contribution in [-0.2, 0) is 5.75 Å². The number of anilines is 1. The van der Waals surface area contributed by atoms with Crippen molar-refractivity contribution in [2.45, 2.75) is 12.7 Å². The van der Waals surface area contributed by atoms with Gasteiger partial charge in [-0.1, -0.05) is 28.7 Å². The first kappa shape index (κ1) is 25.2. The van der Waals surface area contributed by atoms with Gasteiger partial charge in [-0.05, 0) is 41.0 Å². The monoisotopic (exact) mass is 554 g/mol. The van der Waals surface area contributed by atoms with Crippen LogP contribution in [0.25, 0.3) is 17.1 Å². The highest BCUT2D eigenvalue weighted by molar-refractivity contribution is 8.38. The minimum absolute atomic E-state index is 0.00408. The predicted molar refractivity (Wildman–Crippen MR) is 140 cm³/mol. The Morgan fingerprint density at radius 2 is 2.24 bits per heavy atom. The van der Waals surface area contributed by atoms with Gasteiger partial charge in [0.1, 0.15) is 15.9 Å². The van der Waals surface area contributed by atoms with E-state index in [1.165, 1.54) is 34.8 Å². The molecular weight excluding hydrogens is 536 g/mol. The molecule has 0 saturated carbocycles. The molecule has 0 radical (unpaired) electrons. The summed E-state index contributed by atoms with van der Waals surface area (Å²) in [6, 6.07) is 7.85. The number of thioether (sulfide) groups is 2. The third-order valence-electron chi connectivity index (χ3n) is 5.24. The molecule has 1 aliphatic heterocycles. The van der Waals surface area contributed by atoms with E-state index in [0.717, 1.165) is 16.7 Å². The van der Waals surface area contributed by atoms with Gasteiger partial charge in [0.25, 0.3) is 11.6 Å². The molecule has 0 atom stereocenters. The second kappa shape index (κ2) is 10.9. The SMILES string of the molecule is Cc1cc([N+](=O)[O-])ccc1-c1ccc(C=NNC(=O)c2nnn(-c3nonc3N)c2CSC2=NCCS2)o1. The molecule has 5 rings (SSSR count). The van der Waals surface area contributed by atoms with Crippen LogP contribution in [0.2, 0.25) is 0 Å². The molecule has 0 spiro atoms. The number of amides is 1. The van der Waals surface area contributed by atoms with E-state index < -0.39 is 10.8 Å². The van der Waals surface area contributed by atoms with Crippen LogP contribution in [0, 0.1) is 17.0 Å². The summed E-state index contributed by atoms with van der Waals surface area (Å²) < 4.78 is 12.6. The quantitative estimate of drug-likeness (QED) is 0.183. The van der Waals surface area contributed by atoms with Gasteiger partial charge in [0.05, 0.1) is 23.4 Å². The van der Waals surface area contributed by atoms with Gasteiger partial charge in [-0.2, -0.15) is 9.78 Å². The fourth-order valence-corrected chi connectivity index (χ4v) is 5.46. The first-order chi connectivity index (χ1) is 18.4. The zero-order chi connectivity index (χ0) is 26.6. The Bertz CT molecular complexity index is 1570. The number of aliphatic imine (C=N–C) groups is 1. The third kappa shape index (κ3) is 5.28. The molecule has 17 heteroatoms. The number of non-ortho nitro benzene ring substituents is 1. The molecule has 1 aromatic carbocycles. The van der Waals surface area contributed by atoms with E-state index in [-0.39, 0.29) is 23.0 Å². The fourth-order valence-electron chi connectivity index (χ4n) is 3.46. The number of carbonyl (C=O) groups excluding carboxylic acids is 1. The van der Waals surface area contributed by atoms with E-state index in [2.05, 4.69) is 40.8 Å². The van der Waals surface area contributed by atoms with Crippen molar-refractivity contribution in [1.29, 1.82) is 0 Å². The molecule has 194 valence electrons. The number of aromatic nitrogens is 5. The van der Waals surface area contributed by atoms with Gasteiger partial charge < -0.3 is 10.2 Å². The Morgan fingerprint density at radius 3 is 2.95 bits per heavy atom. The lowest BCUT2D eigenvalue weighted by molar-refractivity contribution is -0.384. The zero-order valence-corrected chi connectivity index (χ0v) is 21.2. The van der Waals surface area contributed by atoms with Crippen LogP contribution in [-0.4, -0.2) is 59.0 Å². The van der Waals surface area contributed by atoms with Gasteiger partial charge in [-0.15, -0.1) is 5.10 Å². The molecule has 0 aliphatic carbocycles. The molecule has 3 N–H and O–H groups in total. The highest BCUT2D eigenvalue weighted by Gasteiger charge is 2.25. The Labute approximate surface area is 222 Å². The molecule has 0 fully saturated rings. The van der Waals surface area contributed by atoms with Gasteiger partial charge in [0.15, 0.2) is 5.69 Å². The standard InChI is InChI=1S/C21H18N10O5S2/c1-11-8-12(31(33)34)2-4-14(11)16-5-3-13(35-16)9-24-26-20(32)17-15(10-38-21-23-6-7-37-21)30(29-25-17)19-18(22)27-36-28-19/h2-5,8-9H,6-7,10H2,1H3,(H2,22,27)(H,26,32). The summed E-state index contributed by atoms with van der Waals surface area (Å²) in [7, 11) is 0. The fraction of sp³-hybridized carbons (Fsp3) is 0.190. The Morgan fingerprint density at radius 1 is 1.37 bits per heavy atom. The number of benzene rings is 1. The molecule has 15 nitrogen and oxygen atoms in total. The number of carbonyl (C=O) groups is 1. The molecule has 0 saturated heterocycles. The first-order valence-corrected chi connectivity index (χ1v) is 12.9. The number of nitrogens with two attached hydrogens (primary N) is 1. The predicted octanol–water partition coefficient (Wildman–Crippen LogP) is 2.81. The second-order valence-corrected chi connectivity index (χ2v) is 10.0. The largest absolute Gasteiger partial charge is 0.455 e. The smallest absolute Gasteiger partial charge is 0.293 e. The van der Waals surface area contributed by atoms with Crippen molar-refractivity contribution < 1.29 is 18.8 Å². The molecule has 0 unspecified atom stereocenters. The zero-order valence-electron chi connectivity index (χ0n) is 19.6. The lowest BCUT2D eigenvalue weighted by Crippen LogP contribution is -2.20. The van der Waals surface area contributed by atoms with Crippen LogP contribution in [0.3, 0.4) is 0 Å². The maximum absolute atomic E-state index is 12.9. The van der Waals surface area contributed by atoms with Crippen LogP contribution in [0.4, 0.5) is 11.5 Å². The molecule has 38 heavy (non-hydrogen) atoms. The van der Waals surface area contributed by atoms with Crippen molar-refractivity contribution >= 4 is 51.5 Å². The summed E-state index contributed by atoms with van der Waals surface area (Å²) in [5.74, 6) is 1.57. The second-order valence-electron chi connectivity index (χ2n) is 7.71. The molecule has 1 aliphatic rings. The number of hydrazone groups is 1. The number of hydrogen-bond donors (Lipinski definition) is 2. The van der Waals surface area contributed by atoms with Crippen molar-refractivity contribution in [3.63, 3.8) is 0 Å². The van der Waals surface area contributed by atoms with Crippen LogP contribution in [0.1, 0.15) is 27.5 Å². The van der Waals surface area contributed by atoms with Gasteiger partial charge in [-0.25, -0.2) is 10.1 Å². The van der Waals surface area contributed by atoms with E-state index >= 15 is 0 Å². The summed E-state index contributed by atoms with van der Waals surface area (Å²) in [6.45, 7) is 2.49. The van der Waals surface area contributed by atoms with Crippen molar-refractivity contribution in [2.24, 2.45) is 10.1 Å². The number of furan rings is 1. The maximum atomic E-state index is 12.9. The summed E-state index contributed by atoms with van der Waals surface area (Å²) in [5, 5.41) is 30.2. The van der Waals surface area contributed by atoms with Crippen molar-refractivity contribution in [2.75, 3.05) is 18.0 Å². The van der Waals surface area contributed by atoms with E-state index in [1.54, 1.807) is 36.9 Å². The Balaban J connectivity index is 1.31. The summed E-state index contributed by atoms with van der Waals surface area (Å²) in [4.78, 5) is 27.8. The number of nitrogens with zero attached hydrogens (tertiary/aromatic N) is 8. The minimum atomic E-state index is -0.614. The number of rotatable bonds is 8. The number of nitrogens with one attached hydrogen (secondary N) is 1. The topological polar surface area (TPSA) is 206 Å². The lowest BCUT2D eigenvalue weighted by atomic mass is 10.1. The minimum Gasteiger partial charge on any atom is -0.455 e. The molecule has 4 heterocycles. The van der Waals surface area contributed by atoms with Gasteiger partial charge in [-0.3, -0.25) is 19.9 Å². The number of nitro benzene ring substituents is 1. The molecule has 0 bridgehead atoms. The summed E-state index contributed by atoms with van der Waals surface area (Å²) in [5.41, 5.74) is 10.0. The number of nitrogen functional groups attached to an aromatic ring is 1. The van der Waals surface area contributed by atoms with Gasteiger partial charge >= 0.3 is 0 Å². The third-order valence-corrected chi connectivity index (χ3v) is 7.50. The van der Waals surface area contributed by atoms with Crippen LogP contribution < -0.4 is 11.2 Å². The first-order valence-electron chi connectivity index (χ1n) is 10.9. The van der Waals surface area contributed by atoms with Crippen LogP contribution >= 0.6 is 23.5 Å². The van der Waals surface area contributed by atoms with Crippen LogP contribution in [0.5, 0.6) is 0 Å². The number of aryl methyl sites for hydroxylation is 1. The van der Waals surface area contributed by atoms with Gasteiger partial charge in [0.2, 0.25) is 11.6 Å². The van der Waals surface area contributed by atoms with Crippen molar-refractivity contribution in [1.82, 2.24) is 30.7 Å². The summed E-state index contributed by atoms with van der Waals surface area (Å²) >= 11 is 3.06. The maximum Gasteiger partial charge on any atom is 0.293 e. The van der Waals surface area contributed by atoms with Crippen molar-refractivity contribution in [3.05, 3.63) is 63.2 Å². The molecule has 3 aromatic heterocycles. The van der Waals surface area contributed by atoms with E-state index in [4.69, 9.17) is 10.2 Å². The normalized spacial score (nSPS) is 13.2. The van der Waals surface area contributed by atoms with Gasteiger partial charge in [0, 0.05) is 29.2 Å². The lowest BCUT2D eigenvalue weighted by Gasteiger charge is -2.05. The number of nitro groups is 1. The van der Waals surface area contributed by atoms with E-state index in [9.17, 15) is 14.9 Å². The molecule has 4 aromatic rings. The highest BCUT2D eigenvalue weighted by Crippen LogP contribution is 2.29. The molecular formula is C21H18N10O5S2. The van der Waals surface area contributed by atoms with Crippen LogP contribution in [0.15, 0.2) is 49.5 Å². The number of hydrogen-bond acceptors (Lipinski definition) is 14. The average molecular weight is 555 g/mol. The Kier molecular flexibility index (Phi) is 7.18. The molecule has 1 amide bonds. The summed E-state index contributed by atoms with van der Waals surface area (Å²) in [6.07, 6.45) is 1.32. The van der Waals surface area contributed by atoms with E-state index in [0.29, 0.717) is 34.1 Å².